The minimum atomic E-state index is -4.84. The largest absolute Gasteiger partial charge is 0.420 e. The molecular formula is C22H28F3N7O2. The Bertz CT molecular complexity index is 1140. The predicted octanol–water partition coefficient (Wildman–Crippen LogP) is 4.65. The maximum absolute atomic E-state index is 13.9. The van der Waals surface area contributed by atoms with Gasteiger partial charge in [-0.2, -0.15) is 18.3 Å². The number of aryl methyl sites for hydroxylation is 1. The molecule has 12 heteroatoms. The van der Waals surface area contributed by atoms with E-state index >= 15 is 0 Å². The molecule has 184 valence electrons. The van der Waals surface area contributed by atoms with Crippen molar-refractivity contribution in [2.45, 2.75) is 65.7 Å². The molecule has 2 N–H and O–H groups in total. The number of nitrogen functional groups attached to an aromatic ring is 1. The summed E-state index contributed by atoms with van der Waals surface area (Å²) in [5, 5.41) is 11.7. The van der Waals surface area contributed by atoms with Gasteiger partial charge < -0.3 is 15.1 Å². The summed E-state index contributed by atoms with van der Waals surface area (Å²) in [5.41, 5.74) is 4.07. The summed E-state index contributed by atoms with van der Waals surface area (Å²) in [7, 11) is 0. The van der Waals surface area contributed by atoms with Gasteiger partial charge in [0.1, 0.15) is 5.69 Å². The summed E-state index contributed by atoms with van der Waals surface area (Å²) >= 11 is 0. The fourth-order valence-corrected chi connectivity index (χ4v) is 3.39. The Hall–Kier alpha value is -3.44. The van der Waals surface area contributed by atoms with Gasteiger partial charge >= 0.3 is 6.18 Å². The highest BCUT2D eigenvalue weighted by Crippen LogP contribution is 2.36. The van der Waals surface area contributed by atoms with Crippen LogP contribution in [0.25, 0.3) is 11.6 Å². The lowest BCUT2D eigenvalue weighted by Gasteiger charge is -2.24. The molecule has 0 aliphatic heterocycles. The molecule has 0 saturated carbocycles. The second-order valence-electron chi connectivity index (χ2n) is 8.30. The van der Waals surface area contributed by atoms with Crippen molar-refractivity contribution in [2.24, 2.45) is 0 Å². The Morgan fingerprint density at radius 1 is 1.26 bits per heavy atom. The lowest BCUT2D eigenvalue weighted by molar-refractivity contribution is -0.138. The Morgan fingerprint density at radius 2 is 2.00 bits per heavy atom. The average Bonchev–Trinajstić information content (AvgIpc) is 3.41. The summed E-state index contributed by atoms with van der Waals surface area (Å²) in [6.07, 6.45) is 0.886. The number of carbonyl (C=O) groups is 1. The smallest absolute Gasteiger partial charge is 0.418 e. The zero-order chi connectivity index (χ0) is 25.0. The minimum Gasteiger partial charge on any atom is -0.420 e. The van der Waals surface area contributed by atoms with Crippen molar-refractivity contribution >= 4 is 11.6 Å². The third-order valence-corrected chi connectivity index (χ3v) is 5.16. The molecule has 3 rings (SSSR count). The summed E-state index contributed by atoms with van der Waals surface area (Å²) in [5.74, 6) is -0.834. The topological polar surface area (TPSA) is 116 Å². The average molecular weight is 480 g/mol. The first kappa shape index (κ1) is 25.2. The number of aromatic nitrogens is 5. The summed E-state index contributed by atoms with van der Waals surface area (Å²) in [6, 6.07) is 0.796. The predicted molar refractivity (Wildman–Crippen MR) is 119 cm³/mol. The van der Waals surface area contributed by atoms with Crippen molar-refractivity contribution in [2.75, 3.05) is 12.3 Å². The maximum Gasteiger partial charge on any atom is 0.418 e. The molecule has 0 atom stereocenters. The van der Waals surface area contributed by atoms with Crippen molar-refractivity contribution < 1.29 is 22.4 Å². The third kappa shape index (κ3) is 5.72. The number of anilines is 1. The van der Waals surface area contributed by atoms with Gasteiger partial charge in [0.15, 0.2) is 5.69 Å². The van der Waals surface area contributed by atoms with Gasteiger partial charge in [0.05, 0.1) is 17.4 Å². The normalized spacial score (nSPS) is 11.9. The van der Waals surface area contributed by atoms with E-state index < -0.39 is 23.3 Å². The van der Waals surface area contributed by atoms with Gasteiger partial charge in [-0.1, -0.05) is 19.8 Å². The number of rotatable bonds is 9. The van der Waals surface area contributed by atoms with Crippen LogP contribution in [0.4, 0.5) is 18.9 Å². The molecule has 0 unspecified atom stereocenters. The number of nitrogens with two attached hydrogens (primary N) is 1. The monoisotopic (exact) mass is 479 g/mol. The summed E-state index contributed by atoms with van der Waals surface area (Å²) in [4.78, 5) is 18.8. The zero-order valence-corrected chi connectivity index (χ0v) is 19.6. The van der Waals surface area contributed by atoms with Crippen LogP contribution in [0.5, 0.6) is 0 Å². The van der Waals surface area contributed by atoms with E-state index in [4.69, 9.17) is 10.2 Å². The van der Waals surface area contributed by atoms with Gasteiger partial charge in [-0.15, -0.1) is 10.2 Å². The quantitative estimate of drug-likeness (QED) is 0.444. The lowest BCUT2D eigenvalue weighted by Crippen LogP contribution is -2.34. The highest BCUT2D eigenvalue weighted by Gasteiger charge is 2.39. The van der Waals surface area contributed by atoms with E-state index in [1.54, 1.807) is 17.1 Å². The molecule has 0 bridgehead atoms. The number of alkyl halides is 3. The number of carbonyl (C=O) groups excluding carboxylic acids is 1. The van der Waals surface area contributed by atoms with E-state index in [0.717, 1.165) is 12.8 Å². The van der Waals surface area contributed by atoms with Crippen LogP contribution < -0.4 is 5.73 Å². The number of halogens is 3. The number of hydrogen-bond donors (Lipinski definition) is 1. The molecule has 0 spiro atoms. The maximum atomic E-state index is 13.9. The number of pyridine rings is 1. The second kappa shape index (κ2) is 10.2. The van der Waals surface area contributed by atoms with Crippen molar-refractivity contribution in [3.63, 3.8) is 0 Å². The van der Waals surface area contributed by atoms with Crippen LogP contribution in [0.3, 0.4) is 0 Å². The number of hydrogen-bond acceptors (Lipinski definition) is 7. The molecule has 34 heavy (non-hydrogen) atoms. The van der Waals surface area contributed by atoms with E-state index in [0.29, 0.717) is 18.1 Å². The van der Waals surface area contributed by atoms with E-state index in [-0.39, 0.29) is 42.3 Å². The lowest BCUT2D eigenvalue weighted by atomic mass is 10.1. The van der Waals surface area contributed by atoms with Gasteiger partial charge in [0, 0.05) is 37.8 Å². The van der Waals surface area contributed by atoms with E-state index in [2.05, 4.69) is 20.3 Å². The third-order valence-electron chi connectivity index (χ3n) is 5.16. The van der Waals surface area contributed by atoms with Crippen LogP contribution in [0.2, 0.25) is 0 Å². The van der Waals surface area contributed by atoms with Crippen LogP contribution in [0.15, 0.2) is 22.9 Å². The molecule has 0 fully saturated rings. The molecular weight excluding hydrogens is 451 g/mol. The molecule has 3 aromatic heterocycles. The highest BCUT2D eigenvalue weighted by molar-refractivity contribution is 5.95. The Balaban J connectivity index is 2.04. The van der Waals surface area contributed by atoms with E-state index in [1.807, 2.05) is 20.8 Å². The summed E-state index contributed by atoms with van der Waals surface area (Å²) < 4.78 is 48.7. The van der Waals surface area contributed by atoms with Crippen molar-refractivity contribution in [3.05, 3.63) is 41.2 Å². The molecule has 3 aromatic rings. The van der Waals surface area contributed by atoms with Gasteiger partial charge in [0.25, 0.3) is 11.8 Å². The van der Waals surface area contributed by atoms with Crippen LogP contribution in [-0.4, -0.2) is 42.3 Å². The van der Waals surface area contributed by atoms with Crippen LogP contribution in [-0.2, 0) is 12.7 Å². The molecule has 0 saturated heterocycles. The highest BCUT2D eigenvalue weighted by atomic mass is 19.4. The molecule has 9 nitrogen and oxygen atoms in total. The van der Waals surface area contributed by atoms with E-state index in [9.17, 15) is 18.0 Å². The minimum absolute atomic E-state index is 0.0909. The first-order chi connectivity index (χ1) is 16.0. The van der Waals surface area contributed by atoms with Crippen LogP contribution >= 0.6 is 0 Å². The molecule has 3 heterocycles. The van der Waals surface area contributed by atoms with Gasteiger partial charge in [0.2, 0.25) is 5.89 Å². The standard InChI is InChI=1S/C22H28F3N7O2/c1-5-6-7-8-31(11-15-10-27-32(12-15)13(2)3)21(33)18-16(22(23,24)25)9-17(26)19(28-18)20-30-29-14(4)34-20/h9-10,12-13H,5-8,11,26H2,1-4H3. The molecule has 0 radical (unpaired) electrons. The zero-order valence-electron chi connectivity index (χ0n) is 19.6. The fraction of sp³-hybridized carbons (Fsp3) is 0.500. The SMILES string of the molecule is CCCCCN(Cc1cnn(C(C)C)c1)C(=O)c1nc(-c2nnc(C)o2)c(N)cc1C(F)(F)F. The number of nitrogens with zero attached hydrogens (tertiary/aromatic N) is 6. The van der Waals surface area contributed by atoms with Gasteiger partial charge in [-0.25, -0.2) is 4.98 Å². The first-order valence-corrected chi connectivity index (χ1v) is 11.0. The molecule has 0 aromatic carbocycles. The van der Waals surface area contributed by atoms with Gasteiger partial charge in [-0.05, 0) is 26.3 Å². The fourth-order valence-electron chi connectivity index (χ4n) is 3.39. The summed E-state index contributed by atoms with van der Waals surface area (Å²) in [6.45, 7) is 7.78. The van der Waals surface area contributed by atoms with Crippen LogP contribution in [0.1, 0.15) is 73.6 Å². The van der Waals surface area contributed by atoms with Crippen molar-refractivity contribution in [1.82, 2.24) is 29.9 Å². The molecule has 0 aliphatic carbocycles. The van der Waals surface area contributed by atoms with Gasteiger partial charge in [-0.3, -0.25) is 9.48 Å². The van der Waals surface area contributed by atoms with Crippen molar-refractivity contribution in [3.8, 4) is 11.6 Å². The first-order valence-electron chi connectivity index (χ1n) is 11.0. The van der Waals surface area contributed by atoms with E-state index in [1.165, 1.54) is 11.8 Å². The van der Waals surface area contributed by atoms with Crippen molar-refractivity contribution in [1.29, 1.82) is 0 Å². The Labute approximate surface area is 195 Å². The molecule has 1 amide bonds. The van der Waals surface area contributed by atoms with Crippen LogP contribution in [0, 0.1) is 6.92 Å². The Morgan fingerprint density at radius 3 is 2.56 bits per heavy atom. The molecule has 0 aliphatic rings. The Kier molecular flexibility index (Phi) is 7.57. The second-order valence-corrected chi connectivity index (χ2v) is 8.30. The number of unbranched alkanes of at least 4 members (excludes halogenated alkanes) is 2. The number of amides is 1.